The highest BCUT2D eigenvalue weighted by molar-refractivity contribution is 6.31. The van der Waals surface area contributed by atoms with Crippen LogP contribution in [0, 0.1) is 11.7 Å². The maximum atomic E-state index is 13.6. The number of nitrogens with one attached hydrogen (secondary N) is 1. The molecule has 0 amide bonds. The summed E-state index contributed by atoms with van der Waals surface area (Å²) in [5.74, 6) is 0.323. The molecule has 4 heteroatoms. The minimum Gasteiger partial charge on any atom is -0.311 e. The molecule has 1 aliphatic heterocycles. The molecule has 2 rings (SSSR count). The Labute approximate surface area is 132 Å². The highest BCUT2D eigenvalue weighted by Crippen LogP contribution is 2.24. The molecule has 0 aliphatic carbocycles. The van der Waals surface area contributed by atoms with Crippen molar-refractivity contribution in [2.45, 2.75) is 52.2 Å². The minimum atomic E-state index is -0.323. The molecule has 118 valence electrons. The van der Waals surface area contributed by atoms with E-state index in [0.717, 1.165) is 31.6 Å². The summed E-state index contributed by atoms with van der Waals surface area (Å²) in [6.07, 6.45) is 2.26. The first-order valence-corrected chi connectivity index (χ1v) is 8.34. The number of halogens is 2. The highest BCUT2D eigenvalue weighted by atomic mass is 35.5. The predicted octanol–water partition coefficient (Wildman–Crippen LogP) is 4.08. The summed E-state index contributed by atoms with van der Waals surface area (Å²) in [6, 6.07) is 6.09. The molecule has 1 aliphatic rings. The number of hydrogen-bond acceptors (Lipinski definition) is 2. The van der Waals surface area contributed by atoms with Gasteiger partial charge in [0.1, 0.15) is 5.82 Å². The van der Waals surface area contributed by atoms with Gasteiger partial charge in [-0.3, -0.25) is 4.90 Å². The van der Waals surface area contributed by atoms with E-state index in [4.69, 9.17) is 11.6 Å². The van der Waals surface area contributed by atoms with Crippen molar-refractivity contribution in [1.29, 1.82) is 0 Å². The van der Waals surface area contributed by atoms with Gasteiger partial charge in [0.2, 0.25) is 0 Å². The summed E-state index contributed by atoms with van der Waals surface area (Å²) in [5.41, 5.74) is 0.889. The first-order valence-electron chi connectivity index (χ1n) is 7.97. The van der Waals surface area contributed by atoms with Crippen molar-refractivity contribution < 1.29 is 4.39 Å². The number of benzene rings is 1. The SMILES string of the molecule is CCC(C)C1CN(Cc2cccc(F)c2Cl)C(CC)CN1. The molecule has 3 atom stereocenters. The van der Waals surface area contributed by atoms with Gasteiger partial charge in [-0.15, -0.1) is 0 Å². The largest absolute Gasteiger partial charge is 0.311 e. The molecule has 1 fully saturated rings. The van der Waals surface area contributed by atoms with Gasteiger partial charge in [0, 0.05) is 31.7 Å². The average molecular weight is 313 g/mol. The van der Waals surface area contributed by atoms with Crippen LogP contribution in [0.2, 0.25) is 5.02 Å². The van der Waals surface area contributed by atoms with Crippen LogP contribution in [-0.2, 0) is 6.54 Å². The van der Waals surface area contributed by atoms with Crippen molar-refractivity contribution in [3.05, 3.63) is 34.6 Å². The third-order valence-electron chi connectivity index (χ3n) is 4.77. The van der Waals surface area contributed by atoms with Gasteiger partial charge in [0.25, 0.3) is 0 Å². The van der Waals surface area contributed by atoms with Crippen LogP contribution in [0.25, 0.3) is 0 Å². The van der Waals surface area contributed by atoms with E-state index in [1.165, 1.54) is 12.5 Å². The van der Waals surface area contributed by atoms with Crippen molar-refractivity contribution in [2.75, 3.05) is 13.1 Å². The Morgan fingerprint density at radius 3 is 2.86 bits per heavy atom. The summed E-state index contributed by atoms with van der Waals surface area (Å²) in [7, 11) is 0. The normalized spacial score (nSPS) is 25.0. The Balaban J connectivity index is 2.12. The Bertz CT molecular complexity index is 466. The lowest BCUT2D eigenvalue weighted by atomic mass is 9.94. The smallest absolute Gasteiger partial charge is 0.142 e. The number of hydrogen-bond donors (Lipinski definition) is 1. The van der Waals surface area contributed by atoms with Crippen LogP contribution in [-0.4, -0.2) is 30.1 Å². The quantitative estimate of drug-likeness (QED) is 0.881. The number of rotatable bonds is 5. The third-order valence-corrected chi connectivity index (χ3v) is 5.19. The van der Waals surface area contributed by atoms with Crippen molar-refractivity contribution in [1.82, 2.24) is 10.2 Å². The lowest BCUT2D eigenvalue weighted by Crippen LogP contribution is -2.57. The van der Waals surface area contributed by atoms with Crippen LogP contribution in [0.15, 0.2) is 18.2 Å². The molecule has 1 heterocycles. The van der Waals surface area contributed by atoms with Crippen LogP contribution in [0.1, 0.15) is 39.2 Å². The molecule has 0 spiro atoms. The van der Waals surface area contributed by atoms with Crippen LogP contribution in [0.3, 0.4) is 0 Å². The molecule has 21 heavy (non-hydrogen) atoms. The fourth-order valence-corrected chi connectivity index (χ4v) is 3.22. The molecule has 1 aromatic carbocycles. The Morgan fingerprint density at radius 2 is 2.19 bits per heavy atom. The fourth-order valence-electron chi connectivity index (χ4n) is 3.03. The summed E-state index contributed by atoms with van der Waals surface area (Å²) in [4.78, 5) is 2.45. The van der Waals surface area contributed by atoms with E-state index < -0.39 is 0 Å². The number of nitrogens with zero attached hydrogens (tertiary/aromatic N) is 1. The molecule has 2 nitrogen and oxygen atoms in total. The second-order valence-electron chi connectivity index (χ2n) is 6.10. The van der Waals surface area contributed by atoms with Gasteiger partial charge in [-0.2, -0.15) is 0 Å². The average Bonchev–Trinajstić information content (AvgIpc) is 2.51. The van der Waals surface area contributed by atoms with E-state index in [2.05, 4.69) is 31.0 Å². The zero-order chi connectivity index (χ0) is 15.4. The second-order valence-corrected chi connectivity index (χ2v) is 6.48. The second kappa shape index (κ2) is 7.57. The van der Waals surface area contributed by atoms with Crippen molar-refractivity contribution in [3.63, 3.8) is 0 Å². The van der Waals surface area contributed by atoms with Crippen LogP contribution in [0.5, 0.6) is 0 Å². The summed E-state index contributed by atoms with van der Waals surface area (Å²) in [6.45, 7) is 9.45. The van der Waals surface area contributed by atoms with Gasteiger partial charge < -0.3 is 5.32 Å². The molecule has 1 N–H and O–H groups in total. The lowest BCUT2D eigenvalue weighted by molar-refractivity contribution is 0.0992. The minimum absolute atomic E-state index is 0.269. The van der Waals surface area contributed by atoms with E-state index in [1.54, 1.807) is 6.07 Å². The van der Waals surface area contributed by atoms with E-state index in [0.29, 0.717) is 18.0 Å². The Hall–Kier alpha value is -0.640. The first kappa shape index (κ1) is 16.7. The maximum absolute atomic E-state index is 13.6. The van der Waals surface area contributed by atoms with Gasteiger partial charge in [-0.25, -0.2) is 4.39 Å². The third kappa shape index (κ3) is 3.97. The molecule has 0 saturated carbocycles. The zero-order valence-corrected chi connectivity index (χ0v) is 14.0. The first-order chi connectivity index (χ1) is 10.1. The standard InChI is InChI=1S/C17H26ClFN2/c1-4-12(3)16-11-21(14(5-2)9-20-16)10-13-7-6-8-15(19)17(13)18/h6-8,12,14,16,20H,4-5,9-11H2,1-3H3. The highest BCUT2D eigenvalue weighted by Gasteiger charge is 2.29. The van der Waals surface area contributed by atoms with Crippen LogP contribution in [0.4, 0.5) is 4.39 Å². The topological polar surface area (TPSA) is 15.3 Å². The molecular formula is C17H26ClFN2. The van der Waals surface area contributed by atoms with E-state index in [9.17, 15) is 4.39 Å². The van der Waals surface area contributed by atoms with Crippen LogP contribution >= 0.6 is 11.6 Å². The molecule has 0 bridgehead atoms. The summed E-state index contributed by atoms with van der Waals surface area (Å²) >= 11 is 6.11. The maximum Gasteiger partial charge on any atom is 0.142 e. The lowest BCUT2D eigenvalue weighted by Gasteiger charge is -2.42. The molecular weight excluding hydrogens is 287 g/mol. The van der Waals surface area contributed by atoms with Crippen molar-refractivity contribution in [3.8, 4) is 0 Å². The van der Waals surface area contributed by atoms with E-state index >= 15 is 0 Å². The van der Waals surface area contributed by atoms with E-state index in [-0.39, 0.29) is 10.8 Å². The number of piperazine rings is 1. The van der Waals surface area contributed by atoms with Crippen molar-refractivity contribution >= 4 is 11.6 Å². The van der Waals surface area contributed by atoms with Gasteiger partial charge in [0.15, 0.2) is 0 Å². The van der Waals surface area contributed by atoms with Gasteiger partial charge in [0.05, 0.1) is 5.02 Å². The summed E-state index contributed by atoms with van der Waals surface area (Å²) in [5, 5.41) is 3.93. The zero-order valence-electron chi connectivity index (χ0n) is 13.2. The molecule has 0 aromatic heterocycles. The summed E-state index contributed by atoms with van der Waals surface area (Å²) < 4.78 is 13.6. The molecule has 1 aromatic rings. The molecule has 1 saturated heterocycles. The monoisotopic (exact) mass is 312 g/mol. The predicted molar refractivity (Wildman–Crippen MR) is 87.1 cm³/mol. The van der Waals surface area contributed by atoms with Crippen LogP contribution < -0.4 is 5.32 Å². The van der Waals surface area contributed by atoms with Gasteiger partial charge in [-0.05, 0) is 24.0 Å². The fraction of sp³-hybridized carbons (Fsp3) is 0.647. The van der Waals surface area contributed by atoms with Gasteiger partial charge >= 0.3 is 0 Å². The molecule has 3 unspecified atom stereocenters. The Kier molecular flexibility index (Phi) is 6.03. The van der Waals surface area contributed by atoms with Gasteiger partial charge in [-0.1, -0.05) is 50.9 Å². The van der Waals surface area contributed by atoms with E-state index in [1.807, 2.05) is 6.07 Å². The van der Waals surface area contributed by atoms with Crippen molar-refractivity contribution in [2.24, 2.45) is 5.92 Å². The Morgan fingerprint density at radius 1 is 1.43 bits per heavy atom. The molecule has 0 radical (unpaired) electrons.